The quantitative estimate of drug-likeness (QED) is 0.641. The lowest BCUT2D eigenvalue weighted by Crippen LogP contribution is -2.27. The van der Waals surface area contributed by atoms with E-state index < -0.39 is 0 Å². The molecule has 0 aliphatic carbocycles. The summed E-state index contributed by atoms with van der Waals surface area (Å²) in [5, 5.41) is 3.43. The van der Waals surface area contributed by atoms with Gasteiger partial charge in [0.25, 0.3) is 0 Å². The molecule has 0 saturated heterocycles. The third-order valence-corrected chi connectivity index (χ3v) is 3.26. The van der Waals surface area contributed by atoms with Crippen molar-refractivity contribution in [2.24, 2.45) is 17.8 Å². The molecule has 0 heterocycles. The lowest BCUT2D eigenvalue weighted by molar-refractivity contribution is 0.259. The van der Waals surface area contributed by atoms with E-state index in [1.54, 1.807) is 0 Å². The van der Waals surface area contributed by atoms with E-state index in [0.29, 0.717) is 0 Å². The molecule has 0 aromatic heterocycles. The maximum Gasteiger partial charge on any atom is -0.00206 e. The number of hydrogen-bond donors (Lipinski definition) is 1. The molecule has 3 atom stereocenters. The summed E-state index contributed by atoms with van der Waals surface area (Å²) < 4.78 is 0. The highest BCUT2D eigenvalue weighted by molar-refractivity contribution is 4.69. The molecule has 13 heavy (non-hydrogen) atoms. The second kappa shape index (κ2) is 7.37. The van der Waals surface area contributed by atoms with Gasteiger partial charge in [-0.05, 0) is 30.8 Å². The van der Waals surface area contributed by atoms with Crippen molar-refractivity contribution in [3.05, 3.63) is 0 Å². The van der Waals surface area contributed by atoms with Gasteiger partial charge in [0.15, 0.2) is 0 Å². The molecule has 1 nitrogen and oxygen atoms in total. The van der Waals surface area contributed by atoms with Gasteiger partial charge >= 0.3 is 0 Å². The Bertz CT molecular complexity index is 112. The summed E-state index contributed by atoms with van der Waals surface area (Å²) in [7, 11) is 0. The molecule has 0 aliphatic rings. The normalized spacial score (nSPS) is 18.2. The van der Waals surface area contributed by atoms with Gasteiger partial charge in [-0.1, -0.05) is 47.5 Å². The highest BCUT2D eigenvalue weighted by atomic mass is 14.8. The van der Waals surface area contributed by atoms with Gasteiger partial charge in [-0.25, -0.2) is 0 Å². The van der Waals surface area contributed by atoms with Gasteiger partial charge in [0.05, 0.1) is 0 Å². The monoisotopic (exact) mass is 185 g/mol. The fourth-order valence-electron chi connectivity index (χ4n) is 1.84. The van der Waals surface area contributed by atoms with E-state index in [2.05, 4.69) is 39.9 Å². The molecule has 0 radical (unpaired) electrons. The third kappa shape index (κ3) is 5.30. The Morgan fingerprint density at radius 3 is 2.08 bits per heavy atom. The molecule has 80 valence electrons. The fourth-order valence-corrected chi connectivity index (χ4v) is 1.84. The zero-order chi connectivity index (χ0) is 10.3. The molecule has 0 aromatic carbocycles. The van der Waals surface area contributed by atoms with Crippen molar-refractivity contribution in [2.75, 3.05) is 13.1 Å². The average Bonchev–Trinajstić information content (AvgIpc) is 2.13. The predicted octanol–water partition coefficient (Wildman–Crippen LogP) is 3.30. The minimum absolute atomic E-state index is 0.807. The standard InChI is InChI=1S/C12H27N/c1-6-8-10(3)12(5)11(4)9-13-7-2/h10-13H,6-9H2,1-5H3. The van der Waals surface area contributed by atoms with Crippen molar-refractivity contribution < 1.29 is 0 Å². The Morgan fingerprint density at radius 1 is 1.00 bits per heavy atom. The minimum atomic E-state index is 0.807. The van der Waals surface area contributed by atoms with Gasteiger partial charge < -0.3 is 5.32 Å². The molecular formula is C12H27N. The van der Waals surface area contributed by atoms with Crippen LogP contribution in [-0.2, 0) is 0 Å². The van der Waals surface area contributed by atoms with Crippen molar-refractivity contribution in [2.45, 2.75) is 47.5 Å². The SMILES string of the molecule is CCCC(C)C(C)C(C)CNCC. The largest absolute Gasteiger partial charge is 0.317 e. The van der Waals surface area contributed by atoms with Gasteiger partial charge in [0.2, 0.25) is 0 Å². The second-order valence-electron chi connectivity index (χ2n) is 4.41. The van der Waals surface area contributed by atoms with Crippen LogP contribution in [0.15, 0.2) is 0 Å². The summed E-state index contributed by atoms with van der Waals surface area (Å²) in [6.45, 7) is 13.9. The van der Waals surface area contributed by atoms with Crippen LogP contribution in [0.4, 0.5) is 0 Å². The molecule has 3 unspecified atom stereocenters. The highest BCUT2D eigenvalue weighted by Gasteiger charge is 2.17. The van der Waals surface area contributed by atoms with Crippen LogP contribution in [0.25, 0.3) is 0 Å². The maximum absolute atomic E-state index is 3.43. The van der Waals surface area contributed by atoms with Gasteiger partial charge in [-0.3, -0.25) is 0 Å². The van der Waals surface area contributed by atoms with Crippen molar-refractivity contribution in [1.82, 2.24) is 5.32 Å². The molecule has 0 fully saturated rings. The van der Waals surface area contributed by atoms with Gasteiger partial charge in [0, 0.05) is 0 Å². The van der Waals surface area contributed by atoms with E-state index in [4.69, 9.17) is 0 Å². The zero-order valence-electron chi connectivity index (χ0n) is 10.1. The first kappa shape index (κ1) is 13.0. The summed E-state index contributed by atoms with van der Waals surface area (Å²) >= 11 is 0. The van der Waals surface area contributed by atoms with E-state index in [9.17, 15) is 0 Å². The lowest BCUT2D eigenvalue weighted by atomic mass is 9.82. The van der Waals surface area contributed by atoms with Crippen LogP contribution in [-0.4, -0.2) is 13.1 Å². The molecule has 0 spiro atoms. The van der Waals surface area contributed by atoms with Gasteiger partial charge in [0.1, 0.15) is 0 Å². The molecule has 0 saturated carbocycles. The third-order valence-electron chi connectivity index (χ3n) is 3.26. The number of hydrogen-bond acceptors (Lipinski definition) is 1. The molecule has 0 aromatic rings. The molecule has 0 bridgehead atoms. The number of nitrogens with one attached hydrogen (secondary N) is 1. The van der Waals surface area contributed by atoms with Crippen molar-refractivity contribution in [3.8, 4) is 0 Å². The molecular weight excluding hydrogens is 158 g/mol. The first-order chi connectivity index (χ1) is 6.13. The second-order valence-corrected chi connectivity index (χ2v) is 4.41. The Hall–Kier alpha value is -0.0400. The topological polar surface area (TPSA) is 12.0 Å². The predicted molar refractivity (Wildman–Crippen MR) is 60.9 cm³/mol. The summed E-state index contributed by atoms with van der Waals surface area (Å²) in [6, 6.07) is 0. The average molecular weight is 185 g/mol. The maximum atomic E-state index is 3.43. The van der Waals surface area contributed by atoms with Crippen LogP contribution in [0, 0.1) is 17.8 Å². The fraction of sp³-hybridized carbons (Fsp3) is 1.00. The first-order valence-corrected chi connectivity index (χ1v) is 5.84. The smallest absolute Gasteiger partial charge is 0.00206 e. The van der Waals surface area contributed by atoms with E-state index in [1.807, 2.05) is 0 Å². The number of rotatable bonds is 7. The Morgan fingerprint density at radius 2 is 1.62 bits per heavy atom. The van der Waals surface area contributed by atoms with E-state index >= 15 is 0 Å². The minimum Gasteiger partial charge on any atom is -0.317 e. The summed E-state index contributed by atoms with van der Waals surface area (Å²) in [4.78, 5) is 0. The van der Waals surface area contributed by atoms with E-state index in [1.165, 1.54) is 19.4 Å². The van der Waals surface area contributed by atoms with Crippen molar-refractivity contribution >= 4 is 0 Å². The highest BCUT2D eigenvalue weighted by Crippen LogP contribution is 2.23. The summed E-state index contributed by atoms with van der Waals surface area (Å²) in [5.74, 6) is 2.53. The molecule has 0 amide bonds. The van der Waals surface area contributed by atoms with Crippen LogP contribution in [0.1, 0.15) is 47.5 Å². The van der Waals surface area contributed by atoms with E-state index in [-0.39, 0.29) is 0 Å². The zero-order valence-corrected chi connectivity index (χ0v) is 10.1. The van der Waals surface area contributed by atoms with Gasteiger partial charge in [-0.2, -0.15) is 0 Å². The van der Waals surface area contributed by atoms with Crippen LogP contribution < -0.4 is 5.32 Å². The lowest BCUT2D eigenvalue weighted by Gasteiger charge is -2.26. The Labute approximate surface area is 84.3 Å². The Balaban J connectivity index is 3.71. The van der Waals surface area contributed by atoms with Crippen molar-refractivity contribution in [3.63, 3.8) is 0 Å². The van der Waals surface area contributed by atoms with Crippen LogP contribution in [0.5, 0.6) is 0 Å². The van der Waals surface area contributed by atoms with Crippen LogP contribution in [0.3, 0.4) is 0 Å². The van der Waals surface area contributed by atoms with Crippen molar-refractivity contribution in [1.29, 1.82) is 0 Å². The van der Waals surface area contributed by atoms with E-state index in [0.717, 1.165) is 24.3 Å². The summed E-state index contributed by atoms with van der Waals surface area (Å²) in [5.41, 5.74) is 0. The summed E-state index contributed by atoms with van der Waals surface area (Å²) in [6.07, 6.45) is 2.69. The molecule has 0 rings (SSSR count). The van der Waals surface area contributed by atoms with Gasteiger partial charge in [-0.15, -0.1) is 0 Å². The first-order valence-electron chi connectivity index (χ1n) is 5.84. The molecule has 1 N–H and O–H groups in total. The molecule has 0 aliphatic heterocycles. The van der Waals surface area contributed by atoms with Crippen LogP contribution in [0.2, 0.25) is 0 Å². The Kier molecular flexibility index (Phi) is 7.35. The molecule has 1 heteroatoms. The van der Waals surface area contributed by atoms with Crippen LogP contribution >= 0.6 is 0 Å².